The van der Waals surface area contributed by atoms with Gasteiger partial charge in [0.15, 0.2) is 0 Å². The molecule has 2 unspecified atom stereocenters. The Morgan fingerprint density at radius 3 is 2.60 bits per heavy atom. The summed E-state index contributed by atoms with van der Waals surface area (Å²) in [5, 5.41) is 9.58. The Balaban J connectivity index is 0.00000225. The summed E-state index contributed by atoms with van der Waals surface area (Å²) in [6.45, 7) is 4.28. The van der Waals surface area contributed by atoms with Crippen molar-refractivity contribution >= 4 is 24.3 Å². The average Bonchev–Trinajstić information content (AvgIpc) is 3.29. The van der Waals surface area contributed by atoms with Gasteiger partial charge in [-0.2, -0.15) is 0 Å². The molecule has 0 radical (unpaired) electrons. The van der Waals surface area contributed by atoms with E-state index in [1.807, 2.05) is 4.90 Å². The Morgan fingerprint density at radius 2 is 1.88 bits per heavy atom. The van der Waals surface area contributed by atoms with Crippen molar-refractivity contribution in [3.63, 3.8) is 0 Å². The van der Waals surface area contributed by atoms with Crippen LogP contribution in [0.15, 0.2) is 0 Å². The quantitative estimate of drug-likeness (QED) is 0.690. The van der Waals surface area contributed by atoms with Crippen molar-refractivity contribution in [2.45, 2.75) is 57.4 Å². The highest BCUT2D eigenvalue weighted by atomic mass is 35.5. The molecule has 2 aliphatic heterocycles. The number of hydrogen-bond donors (Lipinski definition) is 3. The monoisotopic (exact) mass is 372 g/mol. The predicted molar refractivity (Wildman–Crippen MR) is 101 cm³/mol. The van der Waals surface area contributed by atoms with Crippen LogP contribution in [0.1, 0.15) is 51.4 Å². The van der Waals surface area contributed by atoms with E-state index in [0.29, 0.717) is 18.5 Å². The summed E-state index contributed by atoms with van der Waals surface area (Å²) >= 11 is 0. The second-order valence-electron chi connectivity index (χ2n) is 7.65. The standard InChI is InChI=1S/C18H32N4O2.ClH/c23-17(20-10-8-14-7-9-19-12-14)15-4-3-11-22(13-15)18(24)21-16-5-1-2-6-16;/h14-16,19H,1-13H2,(H,20,23)(H,21,24);1H. The Kier molecular flexibility index (Phi) is 8.30. The molecular weight excluding hydrogens is 340 g/mol. The largest absolute Gasteiger partial charge is 0.356 e. The van der Waals surface area contributed by atoms with Crippen LogP contribution >= 0.6 is 12.4 Å². The number of likely N-dealkylation sites (tertiary alicyclic amines) is 1. The number of carbonyl (C=O) groups is 2. The summed E-state index contributed by atoms with van der Waals surface area (Å²) in [5.74, 6) is 0.777. The van der Waals surface area contributed by atoms with Gasteiger partial charge in [-0.1, -0.05) is 12.8 Å². The van der Waals surface area contributed by atoms with E-state index < -0.39 is 0 Å². The molecule has 2 heterocycles. The van der Waals surface area contributed by atoms with Gasteiger partial charge in [-0.3, -0.25) is 4.79 Å². The smallest absolute Gasteiger partial charge is 0.317 e. The molecule has 3 aliphatic rings. The normalized spacial score (nSPS) is 27.0. The number of nitrogens with zero attached hydrogens (tertiary/aromatic N) is 1. The van der Waals surface area contributed by atoms with Crippen molar-refractivity contribution in [2.24, 2.45) is 11.8 Å². The van der Waals surface area contributed by atoms with Gasteiger partial charge in [-0.25, -0.2) is 4.79 Å². The van der Waals surface area contributed by atoms with Crippen LogP contribution < -0.4 is 16.0 Å². The maximum atomic E-state index is 12.4. The molecule has 0 aromatic heterocycles. The number of piperidine rings is 1. The average molecular weight is 373 g/mol. The number of carbonyl (C=O) groups excluding carboxylic acids is 2. The van der Waals surface area contributed by atoms with Gasteiger partial charge in [0.2, 0.25) is 5.91 Å². The summed E-state index contributed by atoms with van der Waals surface area (Å²) in [4.78, 5) is 26.6. The van der Waals surface area contributed by atoms with Gasteiger partial charge in [-0.05, 0) is 57.5 Å². The molecule has 0 spiro atoms. The lowest BCUT2D eigenvalue weighted by atomic mass is 9.97. The first kappa shape index (κ1) is 20.3. The molecule has 2 atom stereocenters. The summed E-state index contributed by atoms with van der Waals surface area (Å²) < 4.78 is 0. The fourth-order valence-electron chi connectivity index (χ4n) is 4.22. The van der Waals surface area contributed by atoms with Crippen molar-refractivity contribution in [1.29, 1.82) is 0 Å². The van der Waals surface area contributed by atoms with E-state index in [4.69, 9.17) is 0 Å². The van der Waals surface area contributed by atoms with Gasteiger partial charge >= 0.3 is 6.03 Å². The molecule has 3 rings (SSSR count). The molecule has 0 aromatic carbocycles. The SMILES string of the molecule is Cl.O=C(NCCC1CCNC1)C1CCCN(C(=O)NC2CCCC2)C1. The Hall–Kier alpha value is -1.01. The number of urea groups is 1. The molecule has 25 heavy (non-hydrogen) atoms. The van der Waals surface area contributed by atoms with Crippen LogP contribution in [-0.2, 0) is 4.79 Å². The Bertz CT molecular complexity index is 437. The molecule has 3 fully saturated rings. The number of nitrogens with one attached hydrogen (secondary N) is 3. The van der Waals surface area contributed by atoms with E-state index in [1.165, 1.54) is 19.3 Å². The van der Waals surface area contributed by atoms with E-state index in [2.05, 4.69) is 16.0 Å². The van der Waals surface area contributed by atoms with Gasteiger partial charge in [-0.15, -0.1) is 12.4 Å². The van der Waals surface area contributed by atoms with E-state index in [0.717, 1.165) is 58.3 Å². The first-order valence-corrected chi connectivity index (χ1v) is 9.76. The summed E-state index contributed by atoms with van der Waals surface area (Å²) in [6.07, 6.45) is 8.70. The van der Waals surface area contributed by atoms with Crippen LogP contribution in [0.25, 0.3) is 0 Å². The maximum absolute atomic E-state index is 12.4. The number of hydrogen-bond acceptors (Lipinski definition) is 3. The van der Waals surface area contributed by atoms with Gasteiger partial charge in [0.1, 0.15) is 0 Å². The lowest BCUT2D eigenvalue weighted by Crippen LogP contribution is -2.50. The topological polar surface area (TPSA) is 73.5 Å². The fourth-order valence-corrected chi connectivity index (χ4v) is 4.22. The minimum absolute atomic E-state index is 0. The zero-order chi connectivity index (χ0) is 16.8. The second kappa shape index (κ2) is 10.2. The first-order valence-electron chi connectivity index (χ1n) is 9.76. The highest BCUT2D eigenvalue weighted by Gasteiger charge is 2.29. The van der Waals surface area contributed by atoms with Crippen LogP contribution in [0.4, 0.5) is 4.79 Å². The minimum Gasteiger partial charge on any atom is -0.356 e. The molecule has 144 valence electrons. The molecule has 2 saturated heterocycles. The number of rotatable bonds is 5. The lowest BCUT2D eigenvalue weighted by molar-refractivity contribution is -0.126. The highest BCUT2D eigenvalue weighted by molar-refractivity contribution is 5.85. The van der Waals surface area contributed by atoms with Gasteiger partial charge in [0.25, 0.3) is 0 Å². The summed E-state index contributed by atoms with van der Waals surface area (Å²) in [6, 6.07) is 0.364. The van der Waals surface area contributed by atoms with E-state index >= 15 is 0 Å². The second-order valence-corrected chi connectivity index (χ2v) is 7.65. The van der Waals surface area contributed by atoms with Crippen LogP contribution in [0.5, 0.6) is 0 Å². The molecule has 0 aromatic rings. The molecule has 6 nitrogen and oxygen atoms in total. The minimum atomic E-state index is -0.0465. The highest BCUT2D eigenvalue weighted by Crippen LogP contribution is 2.20. The summed E-state index contributed by atoms with van der Waals surface area (Å²) in [5.41, 5.74) is 0. The Morgan fingerprint density at radius 1 is 1.08 bits per heavy atom. The Labute approximate surface area is 157 Å². The van der Waals surface area contributed by atoms with Crippen molar-refractivity contribution in [1.82, 2.24) is 20.9 Å². The molecular formula is C18H33ClN4O2. The zero-order valence-electron chi connectivity index (χ0n) is 15.1. The van der Waals surface area contributed by atoms with Gasteiger partial charge in [0, 0.05) is 25.7 Å². The van der Waals surface area contributed by atoms with Crippen LogP contribution in [0.2, 0.25) is 0 Å². The van der Waals surface area contributed by atoms with Crippen LogP contribution in [0, 0.1) is 11.8 Å². The van der Waals surface area contributed by atoms with E-state index in [9.17, 15) is 9.59 Å². The van der Waals surface area contributed by atoms with Crippen molar-refractivity contribution in [2.75, 3.05) is 32.7 Å². The maximum Gasteiger partial charge on any atom is 0.317 e. The fraction of sp³-hybridized carbons (Fsp3) is 0.889. The molecule has 1 aliphatic carbocycles. The molecule has 3 amide bonds. The third kappa shape index (κ3) is 6.03. The molecule has 7 heteroatoms. The molecule has 1 saturated carbocycles. The predicted octanol–water partition coefficient (Wildman–Crippen LogP) is 1.89. The van der Waals surface area contributed by atoms with E-state index in [-0.39, 0.29) is 30.3 Å². The van der Waals surface area contributed by atoms with E-state index in [1.54, 1.807) is 0 Å². The number of amides is 3. The van der Waals surface area contributed by atoms with Gasteiger partial charge < -0.3 is 20.9 Å². The third-order valence-electron chi connectivity index (χ3n) is 5.78. The van der Waals surface area contributed by atoms with Crippen molar-refractivity contribution < 1.29 is 9.59 Å². The molecule has 0 bridgehead atoms. The first-order chi connectivity index (χ1) is 11.7. The van der Waals surface area contributed by atoms with Gasteiger partial charge in [0.05, 0.1) is 5.92 Å². The van der Waals surface area contributed by atoms with Crippen molar-refractivity contribution in [3.05, 3.63) is 0 Å². The lowest BCUT2D eigenvalue weighted by Gasteiger charge is -2.33. The number of halogens is 1. The van der Waals surface area contributed by atoms with Crippen LogP contribution in [0.3, 0.4) is 0 Å². The zero-order valence-corrected chi connectivity index (χ0v) is 15.9. The summed E-state index contributed by atoms with van der Waals surface area (Å²) in [7, 11) is 0. The third-order valence-corrected chi connectivity index (χ3v) is 5.78. The van der Waals surface area contributed by atoms with Crippen molar-refractivity contribution in [3.8, 4) is 0 Å². The molecule has 3 N–H and O–H groups in total. The van der Waals surface area contributed by atoms with Crippen LogP contribution in [-0.4, -0.2) is 55.6 Å².